The quantitative estimate of drug-likeness (QED) is 0.912. The lowest BCUT2D eigenvalue weighted by Gasteiger charge is -2.16. The Morgan fingerprint density at radius 2 is 2.16 bits per heavy atom. The van der Waals surface area contributed by atoms with Crippen molar-refractivity contribution in [1.82, 2.24) is 4.98 Å². The van der Waals surface area contributed by atoms with Gasteiger partial charge in [0, 0.05) is 19.0 Å². The molecule has 0 unspecified atom stereocenters. The number of aromatic nitrogens is 1. The predicted octanol–water partition coefficient (Wildman–Crippen LogP) is 2.83. The third-order valence-corrected chi connectivity index (χ3v) is 3.97. The van der Waals surface area contributed by atoms with Crippen molar-refractivity contribution >= 4 is 22.4 Å². The van der Waals surface area contributed by atoms with Crippen molar-refractivity contribution in [2.24, 2.45) is 0 Å². The Morgan fingerprint density at radius 3 is 2.79 bits per heavy atom. The lowest BCUT2D eigenvalue weighted by atomic mass is 10.0. The Kier molecular flexibility index (Phi) is 4.16. The Morgan fingerprint density at radius 1 is 1.42 bits per heavy atom. The molecule has 4 nitrogen and oxygen atoms in total. The third-order valence-electron chi connectivity index (χ3n) is 2.90. The van der Waals surface area contributed by atoms with Gasteiger partial charge >= 0.3 is 5.97 Å². The molecule has 0 radical (unpaired) electrons. The summed E-state index contributed by atoms with van der Waals surface area (Å²) < 4.78 is 0. The molecule has 0 aliphatic heterocycles. The number of rotatable bonds is 5. The van der Waals surface area contributed by atoms with Crippen LogP contribution < -0.4 is 4.90 Å². The molecule has 0 atom stereocenters. The zero-order valence-electron chi connectivity index (χ0n) is 11.0. The number of nitrogens with zero attached hydrogens (tertiary/aromatic N) is 2. The van der Waals surface area contributed by atoms with E-state index in [0.29, 0.717) is 12.0 Å². The van der Waals surface area contributed by atoms with Crippen molar-refractivity contribution in [2.75, 3.05) is 18.5 Å². The number of anilines is 1. The monoisotopic (exact) mass is 276 g/mol. The number of hydrogen-bond donors (Lipinski definition) is 1. The van der Waals surface area contributed by atoms with Gasteiger partial charge in [0.1, 0.15) is 0 Å². The van der Waals surface area contributed by atoms with E-state index in [4.69, 9.17) is 5.11 Å². The number of benzene rings is 1. The molecule has 0 amide bonds. The lowest BCUT2D eigenvalue weighted by Crippen LogP contribution is -2.21. The van der Waals surface area contributed by atoms with Crippen LogP contribution in [0.5, 0.6) is 0 Å². The molecule has 1 aromatic carbocycles. The van der Waals surface area contributed by atoms with Crippen molar-refractivity contribution in [3.05, 3.63) is 46.5 Å². The number of aryl methyl sites for hydroxylation is 1. The van der Waals surface area contributed by atoms with E-state index in [-0.39, 0.29) is 0 Å². The molecular formula is C14H16N2O2S. The van der Waals surface area contributed by atoms with Crippen LogP contribution in [0, 0.1) is 6.92 Å². The number of carboxylic acid groups (broad SMARTS) is 1. The van der Waals surface area contributed by atoms with Crippen LogP contribution in [0.2, 0.25) is 0 Å². The van der Waals surface area contributed by atoms with E-state index in [0.717, 1.165) is 22.9 Å². The zero-order chi connectivity index (χ0) is 13.8. The molecule has 5 heteroatoms. The maximum Gasteiger partial charge on any atom is 0.335 e. The summed E-state index contributed by atoms with van der Waals surface area (Å²) in [5, 5.41) is 12.1. The van der Waals surface area contributed by atoms with Gasteiger partial charge in [0.05, 0.1) is 11.3 Å². The Balaban J connectivity index is 2.05. The summed E-state index contributed by atoms with van der Waals surface area (Å²) in [5.74, 6) is -0.872. The van der Waals surface area contributed by atoms with E-state index < -0.39 is 5.97 Å². The number of likely N-dealkylation sites (N-methyl/N-ethyl adjacent to an activating group) is 1. The first-order valence-electron chi connectivity index (χ1n) is 6.02. The summed E-state index contributed by atoms with van der Waals surface area (Å²) in [6, 6.07) is 7.13. The van der Waals surface area contributed by atoms with Gasteiger partial charge in [0.2, 0.25) is 0 Å². The van der Waals surface area contributed by atoms with Gasteiger partial charge in [-0.3, -0.25) is 0 Å². The summed E-state index contributed by atoms with van der Waals surface area (Å²) in [6.07, 6.45) is 0.692. The molecule has 2 aromatic rings. The van der Waals surface area contributed by atoms with Gasteiger partial charge in [-0.05, 0) is 25.0 Å². The molecule has 1 aromatic heterocycles. The van der Waals surface area contributed by atoms with Gasteiger partial charge < -0.3 is 10.0 Å². The molecule has 100 valence electrons. The second-order valence-electron chi connectivity index (χ2n) is 4.41. The fourth-order valence-electron chi connectivity index (χ4n) is 1.85. The zero-order valence-corrected chi connectivity index (χ0v) is 11.8. The van der Waals surface area contributed by atoms with Gasteiger partial charge in [-0.25, -0.2) is 9.78 Å². The van der Waals surface area contributed by atoms with Crippen LogP contribution in [-0.4, -0.2) is 29.7 Å². The van der Waals surface area contributed by atoms with E-state index in [9.17, 15) is 4.79 Å². The van der Waals surface area contributed by atoms with Crippen LogP contribution in [0.25, 0.3) is 0 Å². The van der Waals surface area contributed by atoms with Gasteiger partial charge in [0.15, 0.2) is 5.13 Å². The largest absolute Gasteiger partial charge is 0.478 e. The second-order valence-corrected chi connectivity index (χ2v) is 5.24. The number of carboxylic acids is 1. The average Bonchev–Trinajstić information content (AvgIpc) is 2.83. The first kappa shape index (κ1) is 13.5. The number of hydrogen-bond acceptors (Lipinski definition) is 4. The first-order chi connectivity index (χ1) is 9.08. The molecule has 0 fully saturated rings. The van der Waals surface area contributed by atoms with Crippen LogP contribution in [0.3, 0.4) is 0 Å². The molecule has 0 aliphatic carbocycles. The Labute approximate surface area is 116 Å². The summed E-state index contributed by atoms with van der Waals surface area (Å²) >= 11 is 1.60. The molecule has 0 spiro atoms. The fourth-order valence-corrected chi connectivity index (χ4v) is 2.64. The van der Waals surface area contributed by atoms with Gasteiger partial charge in [-0.2, -0.15) is 0 Å². The van der Waals surface area contributed by atoms with Crippen LogP contribution in [0.15, 0.2) is 29.6 Å². The minimum absolute atomic E-state index is 0.381. The van der Waals surface area contributed by atoms with Crippen molar-refractivity contribution in [1.29, 1.82) is 0 Å². The average molecular weight is 276 g/mol. The number of carbonyl (C=O) groups is 1. The van der Waals surface area contributed by atoms with Gasteiger partial charge in [0.25, 0.3) is 0 Å². The second kappa shape index (κ2) is 5.84. The van der Waals surface area contributed by atoms with Crippen molar-refractivity contribution in [3.8, 4) is 0 Å². The van der Waals surface area contributed by atoms with Crippen LogP contribution in [0.1, 0.15) is 21.6 Å². The molecule has 1 heterocycles. The van der Waals surface area contributed by atoms with Crippen molar-refractivity contribution < 1.29 is 9.90 Å². The highest BCUT2D eigenvalue weighted by Gasteiger charge is 2.10. The van der Waals surface area contributed by atoms with E-state index in [1.165, 1.54) is 0 Å². The van der Waals surface area contributed by atoms with Crippen molar-refractivity contribution in [2.45, 2.75) is 13.3 Å². The van der Waals surface area contributed by atoms with E-state index in [2.05, 4.69) is 9.88 Å². The normalized spacial score (nSPS) is 10.4. The van der Waals surface area contributed by atoms with E-state index in [1.54, 1.807) is 23.5 Å². The van der Waals surface area contributed by atoms with Crippen molar-refractivity contribution in [3.63, 3.8) is 0 Å². The Bertz CT molecular complexity index is 580. The molecule has 0 saturated heterocycles. The highest BCUT2D eigenvalue weighted by atomic mass is 32.1. The summed E-state index contributed by atoms with van der Waals surface area (Å²) in [5.41, 5.74) is 2.25. The summed E-state index contributed by atoms with van der Waals surface area (Å²) in [7, 11) is 1.97. The number of thiazole rings is 1. The van der Waals surface area contributed by atoms with E-state index >= 15 is 0 Å². The topological polar surface area (TPSA) is 53.4 Å². The van der Waals surface area contributed by atoms with Gasteiger partial charge in [-0.1, -0.05) is 18.2 Å². The maximum absolute atomic E-state index is 11.1. The maximum atomic E-state index is 11.1. The van der Waals surface area contributed by atoms with E-state index in [1.807, 2.05) is 31.5 Å². The molecule has 0 aliphatic rings. The predicted molar refractivity (Wildman–Crippen MR) is 77.2 cm³/mol. The summed E-state index contributed by atoms with van der Waals surface area (Å²) in [4.78, 5) is 17.6. The highest BCUT2D eigenvalue weighted by Crippen LogP contribution is 2.19. The first-order valence-corrected chi connectivity index (χ1v) is 6.90. The molecule has 0 bridgehead atoms. The van der Waals surface area contributed by atoms with Gasteiger partial charge in [-0.15, -0.1) is 11.3 Å². The fraction of sp³-hybridized carbons (Fsp3) is 0.286. The number of aromatic carboxylic acids is 1. The highest BCUT2D eigenvalue weighted by molar-refractivity contribution is 7.13. The SMILES string of the molecule is Cc1csc(N(C)CCc2ccccc2C(=O)O)n1. The standard InChI is InChI=1S/C14H16N2O2S/c1-10-9-19-14(15-10)16(2)8-7-11-5-3-4-6-12(11)13(17)18/h3-6,9H,7-8H2,1-2H3,(H,17,18). The van der Waals surface area contributed by atoms with Crippen LogP contribution in [0.4, 0.5) is 5.13 Å². The third kappa shape index (κ3) is 3.32. The minimum Gasteiger partial charge on any atom is -0.478 e. The lowest BCUT2D eigenvalue weighted by molar-refractivity contribution is 0.0695. The smallest absolute Gasteiger partial charge is 0.335 e. The molecule has 2 rings (SSSR count). The molecule has 0 saturated carbocycles. The molecule has 1 N–H and O–H groups in total. The van der Waals surface area contributed by atoms with Crippen LogP contribution in [-0.2, 0) is 6.42 Å². The van der Waals surface area contributed by atoms with Crippen LogP contribution >= 0.6 is 11.3 Å². The molecule has 19 heavy (non-hydrogen) atoms. The molecular weight excluding hydrogens is 260 g/mol. The Hall–Kier alpha value is -1.88. The minimum atomic E-state index is -0.872. The summed E-state index contributed by atoms with van der Waals surface area (Å²) in [6.45, 7) is 2.71.